The Hall–Kier alpha value is -1.36. The van der Waals surface area contributed by atoms with Gasteiger partial charge >= 0.3 is 0 Å². The van der Waals surface area contributed by atoms with Gasteiger partial charge < -0.3 is 5.32 Å². The summed E-state index contributed by atoms with van der Waals surface area (Å²) in [6.45, 7) is 0. The van der Waals surface area contributed by atoms with Crippen LogP contribution in [0, 0.1) is 0 Å². The monoisotopic (exact) mass is 194 g/mol. The standard InChI is InChI=1S/C8H10N4S/c1-9-8-11-10-7(12(8)2)6-4-3-5-13-6/h3-5H,1-2H3,(H,9,11). The van der Waals surface area contributed by atoms with Gasteiger partial charge in [0.05, 0.1) is 4.88 Å². The highest BCUT2D eigenvalue weighted by Gasteiger charge is 2.09. The molecule has 0 amide bonds. The Morgan fingerprint density at radius 3 is 2.85 bits per heavy atom. The van der Waals surface area contributed by atoms with Gasteiger partial charge in [0.25, 0.3) is 0 Å². The second-order valence-electron chi connectivity index (χ2n) is 2.63. The minimum Gasteiger partial charge on any atom is -0.357 e. The fourth-order valence-corrected chi connectivity index (χ4v) is 1.91. The zero-order valence-electron chi connectivity index (χ0n) is 7.48. The Bertz CT molecular complexity index is 390. The minimum absolute atomic E-state index is 0.781. The van der Waals surface area contributed by atoms with E-state index in [4.69, 9.17) is 0 Å². The van der Waals surface area contributed by atoms with E-state index in [2.05, 4.69) is 15.5 Å². The van der Waals surface area contributed by atoms with Crippen LogP contribution in [0.5, 0.6) is 0 Å². The lowest BCUT2D eigenvalue weighted by atomic mass is 10.4. The van der Waals surface area contributed by atoms with Crippen LogP contribution in [0.4, 0.5) is 5.95 Å². The first-order valence-electron chi connectivity index (χ1n) is 3.94. The van der Waals surface area contributed by atoms with Crippen molar-refractivity contribution in [3.63, 3.8) is 0 Å². The van der Waals surface area contributed by atoms with Crippen molar-refractivity contribution in [3.05, 3.63) is 17.5 Å². The molecule has 0 spiro atoms. The molecule has 0 radical (unpaired) electrons. The van der Waals surface area contributed by atoms with Crippen molar-refractivity contribution >= 4 is 17.3 Å². The summed E-state index contributed by atoms with van der Waals surface area (Å²) in [4.78, 5) is 1.14. The molecule has 0 aromatic carbocycles. The molecular formula is C8H10N4S. The van der Waals surface area contributed by atoms with E-state index in [0.717, 1.165) is 16.6 Å². The smallest absolute Gasteiger partial charge is 0.224 e. The van der Waals surface area contributed by atoms with Gasteiger partial charge in [-0.15, -0.1) is 21.5 Å². The molecule has 5 heteroatoms. The summed E-state index contributed by atoms with van der Waals surface area (Å²) in [5.74, 6) is 1.68. The first-order chi connectivity index (χ1) is 6.33. The highest BCUT2D eigenvalue weighted by Crippen LogP contribution is 2.23. The molecule has 2 aromatic heterocycles. The van der Waals surface area contributed by atoms with Gasteiger partial charge in [-0.25, -0.2) is 0 Å². The van der Waals surface area contributed by atoms with Crippen LogP contribution in [0.25, 0.3) is 10.7 Å². The maximum atomic E-state index is 4.09. The summed E-state index contributed by atoms with van der Waals surface area (Å²) in [5, 5.41) is 13.1. The zero-order valence-corrected chi connectivity index (χ0v) is 8.30. The molecule has 0 aliphatic heterocycles. The van der Waals surface area contributed by atoms with E-state index < -0.39 is 0 Å². The van der Waals surface area contributed by atoms with Crippen molar-refractivity contribution in [2.75, 3.05) is 12.4 Å². The van der Waals surface area contributed by atoms with Gasteiger partial charge in [0.1, 0.15) is 0 Å². The molecule has 1 N–H and O–H groups in total. The maximum Gasteiger partial charge on any atom is 0.224 e. The second-order valence-corrected chi connectivity index (χ2v) is 3.58. The quantitative estimate of drug-likeness (QED) is 0.789. The van der Waals surface area contributed by atoms with Crippen molar-refractivity contribution in [1.82, 2.24) is 14.8 Å². The third kappa shape index (κ3) is 1.31. The SMILES string of the molecule is CNc1nnc(-c2cccs2)n1C. The molecule has 0 aliphatic carbocycles. The summed E-state index contributed by atoms with van der Waals surface area (Å²) in [7, 11) is 3.78. The average molecular weight is 194 g/mol. The molecule has 0 unspecified atom stereocenters. The fraction of sp³-hybridized carbons (Fsp3) is 0.250. The Morgan fingerprint density at radius 1 is 1.46 bits per heavy atom. The number of anilines is 1. The third-order valence-corrected chi connectivity index (χ3v) is 2.71. The van der Waals surface area contributed by atoms with Crippen LogP contribution in [0.2, 0.25) is 0 Å². The van der Waals surface area contributed by atoms with Gasteiger partial charge in [-0.1, -0.05) is 6.07 Å². The van der Waals surface area contributed by atoms with E-state index >= 15 is 0 Å². The van der Waals surface area contributed by atoms with Crippen molar-refractivity contribution in [1.29, 1.82) is 0 Å². The van der Waals surface area contributed by atoms with Gasteiger partial charge in [-0.05, 0) is 11.4 Å². The summed E-state index contributed by atoms with van der Waals surface area (Å²) in [6, 6.07) is 4.04. The predicted molar refractivity (Wildman–Crippen MR) is 53.9 cm³/mol. The van der Waals surface area contributed by atoms with Crippen LogP contribution in [-0.4, -0.2) is 21.8 Å². The Morgan fingerprint density at radius 2 is 2.31 bits per heavy atom. The van der Waals surface area contributed by atoms with E-state index in [-0.39, 0.29) is 0 Å². The van der Waals surface area contributed by atoms with Gasteiger partial charge in [-0.3, -0.25) is 4.57 Å². The van der Waals surface area contributed by atoms with E-state index in [1.54, 1.807) is 11.3 Å². The molecule has 4 nitrogen and oxygen atoms in total. The Balaban J connectivity index is 2.48. The largest absolute Gasteiger partial charge is 0.357 e. The summed E-state index contributed by atoms with van der Waals surface area (Å²) >= 11 is 1.66. The topological polar surface area (TPSA) is 42.7 Å². The van der Waals surface area contributed by atoms with Gasteiger partial charge in [0, 0.05) is 14.1 Å². The molecule has 68 valence electrons. The highest BCUT2D eigenvalue weighted by atomic mass is 32.1. The number of rotatable bonds is 2. The average Bonchev–Trinajstić information content (AvgIpc) is 2.72. The molecule has 2 rings (SSSR count). The molecular weight excluding hydrogens is 184 g/mol. The van der Waals surface area contributed by atoms with Crippen molar-refractivity contribution in [3.8, 4) is 10.7 Å². The number of hydrogen-bond donors (Lipinski definition) is 1. The lowest BCUT2D eigenvalue weighted by Crippen LogP contribution is -1.98. The fourth-order valence-electron chi connectivity index (χ4n) is 1.17. The zero-order chi connectivity index (χ0) is 9.26. The number of thiophene rings is 1. The van der Waals surface area contributed by atoms with Crippen LogP contribution < -0.4 is 5.32 Å². The van der Waals surface area contributed by atoms with Crippen LogP contribution in [0.3, 0.4) is 0 Å². The minimum atomic E-state index is 0.781. The molecule has 2 heterocycles. The van der Waals surface area contributed by atoms with Crippen molar-refractivity contribution in [2.24, 2.45) is 7.05 Å². The molecule has 0 saturated heterocycles. The highest BCUT2D eigenvalue weighted by molar-refractivity contribution is 7.13. The van der Waals surface area contributed by atoms with Crippen LogP contribution in [0.15, 0.2) is 17.5 Å². The van der Waals surface area contributed by atoms with Crippen molar-refractivity contribution < 1.29 is 0 Å². The van der Waals surface area contributed by atoms with Gasteiger partial charge in [0.2, 0.25) is 5.95 Å². The lowest BCUT2D eigenvalue weighted by Gasteiger charge is -1.99. The summed E-state index contributed by atoms with van der Waals surface area (Å²) in [6.07, 6.45) is 0. The molecule has 0 fully saturated rings. The Labute approximate surface area is 80.2 Å². The molecule has 2 aromatic rings. The van der Waals surface area contributed by atoms with Crippen molar-refractivity contribution in [2.45, 2.75) is 0 Å². The summed E-state index contributed by atoms with van der Waals surface area (Å²) < 4.78 is 1.94. The predicted octanol–water partition coefficient (Wildman–Crippen LogP) is 1.59. The van der Waals surface area contributed by atoms with E-state index in [0.29, 0.717) is 0 Å². The first-order valence-corrected chi connectivity index (χ1v) is 4.82. The van der Waals surface area contributed by atoms with Crippen LogP contribution >= 0.6 is 11.3 Å². The normalized spacial score (nSPS) is 10.3. The molecule has 0 saturated carbocycles. The molecule has 13 heavy (non-hydrogen) atoms. The van der Waals surface area contributed by atoms with E-state index in [9.17, 15) is 0 Å². The van der Waals surface area contributed by atoms with Crippen LogP contribution in [0.1, 0.15) is 0 Å². The van der Waals surface area contributed by atoms with Gasteiger partial charge in [0.15, 0.2) is 5.82 Å². The molecule has 0 atom stereocenters. The second kappa shape index (κ2) is 3.18. The maximum absolute atomic E-state index is 4.09. The number of nitrogens with one attached hydrogen (secondary N) is 1. The third-order valence-electron chi connectivity index (χ3n) is 1.84. The van der Waals surface area contributed by atoms with Crippen LogP contribution in [-0.2, 0) is 7.05 Å². The lowest BCUT2D eigenvalue weighted by molar-refractivity contribution is 0.927. The number of aromatic nitrogens is 3. The van der Waals surface area contributed by atoms with E-state index in [1.165, 1.54) is 0 Å². The number of hydrogen-bond acceptors (Lipinski definition) is 4. The van der Waals surface area contributed by atoms with E-state index in [1.807, 2.05) is 36.2 Å². The summed E-state index contributed by atoms with van der Waals surface area (Å²) in [5.41, 5.74) is 0. The van der Waals surface area contributed by atoms with Gasteiger partial charge in [-0.2, -0.15) is 0 Å². The first kappa shape index (κ1) is 8.25. The number of nitrogens with zero attached hydrogens (tertiary/aromatic N) is 3. The Kier molecular flexibility index (Phi) is 2.02. The molecule has 0 bridgehead atoms. The molecule has 0 aliphatic rings.